The Morgan fingerprint density at radius 2 is 0.460 bits per heavy atom. The fourth-order valence-electron chi connectivity index (χ4n) is 21.5. The predicted molar refractivity (Wildman–Crippen MR) is 527 cm³/mol. The van der Waals surface area contributed by atoms with Crippen molar-refractivity contribution in [3.8, 4) is 168 Å². The monoisotopic (exact) mass is 1620 g/mol. The molecule has 25 rings (SSSR count). The van der Waals surface area contributed by atoms with E-state index in [1.54, 1.807) is 0 Å². The molecule has 0 saturated carbocycles. The lowest BCUT2D eigenvalue weighted by atomic mass is 9.91. The standard InChI is InChI=1S/C25H22N.4C24H20N/c1-15-11-12-20-19-9-5-7-18-8-6-10-21(24(18)19)25(20)23(15)22-13-16(2)17(3)14-26(22)4;1-15-10-13-22(25(3)14-15)18-11-12-20-19-8-4-6-17-7-5-9-21(24(17)19)23(20)16(18)2;1-15-10-11-25(3)23(12-15)20-14-22-19-9-5-7-17-6-4-8-18(24(17)19)21(22)13-16(20)2;1-15-12-13-25(3)22(14-15)18-10-11-20-19-8-4-6-17-7-5-9-21(24(17)19)23(20)16(18)2;1-15-12-13-25(3)21(14-15)22-16(2)10-11-19-18-8-4-6-17-7-5-9-20(23(17)18)24(19)22/h5-14H,1-4H3;4*4-14H,1-3H3/q5*+1. The molecule has 0 bridgehead atoms. The van der Waals surface area contributed by atoms with E-state index in [4.69, 9.17) is 0 Å². The Bertz CT molecular complexity index is 7990. The van der Waals surface area contributed by atoms with Gasteiger partial charge in [-0.2, -0.15) is 0 Å². The lowest BCUT2D eigenvalue weighted by molar-refractivity contribution is -0.660. The topological polar surface area (TPSA) is 19.4 Å². The first-order valence-corrected chi connectivity index (χ1v) is 44.3. The Kier molecular flexibility index (Phi) is 19.1. The molecule has 5 aliphatic rings. The van der Waals surface area contributed by atoms with Gasteiger partial charge in [0.1, 0.15) is 35.2 Å². The lowest BCUT2D eigenvalue weighted by Crippen LogP contribution is -2.31. The molecule has 0 aliphatic heterocycles. The van der Waals surface area contributed by atoms with Crippen LogP contribution in [-0.2, 0) is 35.2 Å². The van der Waals surface area contributed by atoms with Crippen LogP contribution in [0.3, 0.4) is 0 Å². The number of aromatic nitrogens is 5. The van der Waals surface area contributed by atoms with Crippen molar-refractivity contribution in [2.24, 2.45) is 35.2 Å². The molecule has 20 aromatic rings. The molecule has 0 spiro atoms. The van der Waals surface area contributed by atoms with Crippen molar-refractivity contribution < 1.29 is 22.8 Å². The van der Waals surface area contributed by atoms with E-state index in [1.807, 2.05) is 0 Å². The molecule has 5 heterocycles. The van der Waals surface area contributed by atoms with Gasteiger partial charge in [0.15, 0.2) is 31.0 Å². The van der Waals surface area contributed by atoms with E-state index in [1.165, 1.54) is 283 Å². The molecular formula is C121H102N5+5. The van der Waals surface area contributed by atoms with Gasteiger partial charge >= 0.3 is 0 Å². The summed E-state index contributed by atoms with van der Waals surface area (Å²) in [6.45, 7) is 24.2. The normalized spacial score (nSPS) is 11.8. The summed E-state index contributed by atoms with van der Waals surface area (Å²) < 4.78 is 11.2. The fourth-order valence-corrected chi connectivity index (χ4v) is 21.5. The highest BCUT2D eigenvalue weighted by Gasteiger charge is 2.34. The zero-order valence-corrected chi connectivity index (χ0v) is 74.9. The molecular weight excluding hydrogens is 1520 g/mol. The molecule has 0 radical (unpaired) electrons. The third-order valence-electron chi connectivity index (χ3n) is 27.7. The maximum atomic E-state index is 2.38. The van der Waals surface area contributed by atoms with Crippen LogP contribution in [0.2, 0.25) is 0 Å². The van der Waals surface area contributed by atoms with E-state index >= 15 is 0 Å². The number of hydrogen-bond acceptors (Lipinski definition) is 0. The Hall–Kier alpha value is -14.7. The second-order valence-electron chi connectivity index (χ2n) is 35.9. The second kappa shape index (κ2) is 30.7. The van der Waals surface area contributed by atoms with Gasteiger partial charge in [-0.25, -0.2) is 22.8 Å². The third kappa shape index (κ3) is 12.7. The van der Waals surface area contributed by atoms with Crippen molar-refractivity contribution in [3.05, 3.63) is 389 Å². The number of rotatable bonds is 5. The van der Waals surface area contributed by atoms with Crippen LogP contribution in [0.5, 0.6) is 0 Å². The van der Waals surface area contributed by atoms with E-state index in [9.17, 15) is 0 Å². The minimum Gasteiger partial charge on any atom is -0.201 e. The lowest BCUT2D eigenvalue weighted by Gasteiger charge is -2.13. The first-order chi connectivity index (χ1) is 61.1. The van der Waals surface area contributed by atoms with Crippen molar-refractivity contribution in [2.75, 3.05) is 0 Å². The summed E-state index contributed by atoms with van der Waals surface area (Å²) in [4.78, 5) is 0. The molecule has 126 heavy (non-hydrogen) atoms. The first-order valence-electron chi connectivity index (χ1n) is 44.3. The Morgan fingerprint density at radius 3 is 0.865 bits per heavy atom. The van der Waals surface area contributed by atoms with Crippen molar-refractivity contribution in [2.45, 2.75) is 76.2 Å². The quantitative estimate of drug-likeness (QED) is 0.153. The van der Waals surface area contributed by atoms with Gasteiger partial charge in [-0.05, 0) is 311 Å². The zero-order chi connectivity index (χ0) is 86.5. The molecule has 5 nitrogen and oxygen atoms in total. The van der Waals surface area contributed by atoms with Crippen LogP contribution in [0.25, 0.3) is 221 Å². The van der Waals surface area contributed by atoms with Crippen LogP contribution in [0.4, 0.5) is 0 Å². The van der Waals surface area contributed by atoms with Crippen molar-refractivity contribution in [1.29, 1.82) is 0 Å². The van der Waals surface area contributed by atoms with E-state index in [0.29, 0.717) is 0 Å². The summed E-state index contributed by atoms with van der Waals surface area (Å²) in [5.74, 6) is 0. The van der Waals surface area contributed by atoms with Gasteiger partial charge < -0.3 is 0 Å². The fraction of sp³-hybridized carbons (Fsp3) is 0.132. The van der Waals surface area contributed by atoms with E-state index in [2.05, 4.69) is 462 Å². The highest BCUT2D eigenvalue weighted by molar-refractivity contribution is 6.22. The Labute approximate surface area is 740 Å². The van der Waals surface area contributed by atoms with Crippen LogP contribution >= 0.6 is 0 Å². The SMILES string of the molecule is Cc1cc(-c2c(C)ccc3c2-c2cccc4cccc-3c24)[n+](C)cc1C.Cc1cc[n+](C)c(-c2c(C)ccc3c2-c2cccc4cccc-3c24)c1.Cc1cc[n+](C)c(-c2cc3c(cc2C)-c2cccc4cccc-3c24)c1.Cc1cc[n+](C)c(-c2ccc3c(c2C)-c2cccc4cccc-3c24)c1.Cc1ccc(-c2ccc3c(c2C)-c2cccc4cccc-3c24)[n+](C)c1. The van der Waals surface area contributed by atoms with Gasteiger partial charge in [0.2, 0.25) is 28.5 Å². The predicted octanol–water partition coefficient (Wildman–Crippen LogP) is 28.3. The highest BCUT2D eigenvalue weighted by atomic mass is 14.9. The Balaban J connectivity index is 0.0000000961. The smallest absolute Gasteiger partial charge is 0.201 e. The molecule has 15 aromatic carbocycles. The number of fused-ring (bicyclic) bond motifs is 15. The van der Waals surface area contributed by atoms with Gasteiger partial charge in [0.25, 0.3) is 0 Å². The number of hydrogen-bond donors (Lipinski definition) is 0. The summed E-state index contributed by atoms with van der Waals surface area (Å²) in [7, 11) is 10.7. The Morgan fingerprint density at radius 1 is 0.159 bits per heavy atom. The molecule has 606 valence electrons. The average molecular weight is 1630 g/mol. The molecule has 0 N–H and O–H groups in total. The molecule has 5 aromatic heterocycles. The van der Waals surface area contributed by atoms with Gasteiger partial charge in [0, 0.05) is 87.5 Å². The molecule has 0 unspecified atom stereocenters. The van der Waals surface area contributed by atoms with Crippen LogP contribution in [0.15, 0.2) is 328 Å². The van der Waals surface area contributed by atoms with Crippen molar-refractivity contribution >= 4 is 53.9 Å². The number of aryl methyl sites for hydroxylation is 14. The van der Waals surface area contributed by atoms with Crippen LogP contribution in [-0.4, -0.2) is 0 Å². The summed E-state index contributed by atoms with van der Waals surface area (Å²) >= 11 is 0. The van der Waals surface area contributed by atoms with Gasteiger partial charge in [0.05, 0.1) is 11.1 Å². The molecule has 0 atom stereocenters. The number of pyridine rings is 5. The van der Waals surface area contributed by atoms with Gasteiger partial charge in [-0.1, -0.05) is 218 Å². The van der Waals surface area contributed by atoms with Crippen molar-refractivity contribution in [3.63, 3.8) is 0 Å². The summed E-state index contributed by atoms with van der Waals surface area (Å²) in [6, 6.07) is 110. The number of benzene rings is 15. The number of nitrogens with zero attached hydrogens (tertiary/aromatic N) is 5. The van der Waals surface area contributed by atoms with Crippen LogP contribution in [0.1, 0.15) is 61.2 Å². The molecule has 5 aliphatic carbocycles. The second-order valence-corrected chi connectivity index (χ2v) is 35.9. The zero-order valence-electron chi connectivity index (χ0n) is 74.9. The summed E-state index contributed by atoms with van der Waals surface area (Å²) in [5, 5.41) is 13.6. The molecule has 5 heteroatoms. The minimum atomic E-state index is 1.26. The molecule has 0 saturated heterocycles. The van der Waals surface area contributed by atoms with Gasteiger partial charge in [-0.15, -0.1) is 0 Å². The van der Waals surface area contributed by atoms with E-state index < -0.39 is 0 Å². The third-order valence-corrected chi connectivity index (χ3v) is 27.7. The van der Waals surface area contributed by atoms with E-state index in [-0.39, 0.29) is 0 Å². The van der Waals surface area contributed by atoms with Gasteiger partial charge in [-0.3, -0.25) is 0 Å². The van der Waals surface area contributed by atoms with E-state index in [0.717, 1.165) is 0 Å². The maximum absolute atomic E-state index is 2.38. The average Bonchev–Trinajstić information content (AvgIpc) is 1.59. The molecule has 0 fully saturated rings. The maximum Gasteiger partial charge on any atom is 0.213 e. The molecule has 0 amide bonds. The van der Waals surface area contributed by atoms with Crippen LogP contribution in [0, 0.1) is 76.2 Å². The van der Waals surface area contributed by atoms with Crippen molar-refractivity contribution in [1.82, 2.24) is 0 Å². The first kappa shape index (κ1) is 78.6. The summed E-state index contributed by atoms with van der Waals surface area (Å²) in [6.07, 6.45) is 10.9. The minimum absolute atomic E-state index is 1.26. The highest BCUT2D eigenvalue weighted by Crippen LogP contribution is 2.57. The summed E-state index contributed by atoms with van der Waals surface area (Å²) in [5.41, 5.74) is 54.9. The largest absolute Gasteiger partial charge is 0.213 e. The van der Waals surface area contributed by atoms with Crippen LogP contribution < -0.4 is 22.8 Å².